The van der Waals surface area contributed by atoms with Gasteiger partial charge in [0.05, 0.1) is 0 Å². The monoisotopic (exact) mass is 270 g/mol. The zero-order valence-corrected chi connectivity index (χ0v) is 10.7. The lowest BCUT2D eigenvalue weighted by Gasteiger charge is -2.09. The van der Waals surface area contributed by atoms with Crippen LogP contribution in [0.25, 0.3) is 10.8 Å². The van der Waals surface area contributed by atoms with Crippen LogP contribution in [-0.4, -0.2) is 9.97 Å². The molecule has 3 rings (SSSR count). The van der Waals surface area contributed by atoms with Gasteiger partial charge in [0.1, 0.15) is 11.0 Å². The summed E-state index contributed by atoms with van der Waals surface area (Å²) in [5.41, 5.74) is 7.24. The molecular weight excluding hydrogens is 260 g/mol. The number of benzene rings is 1. The van der Waals surface area contributed by atoms with Gasteiger partial charge in [0.2, 0.25) is 0 Å². The maximum atomic E-state index is 5.89. The molecule has 0 aliphatic rings. The number of nitrogens with two attached hydrogens (primary N) is 1. The Morgan fingerprint density at radius 1 is 1.16 bits per heavy atom. The lowest BCUT2D eigenvalue weighted by Crippen LogP contribution is -1.96. The van der Waals surface area contributed by atoms with Crippen molar-refractivity contribution >= 4 is 39.6 Å². The van der Waals surface area contributed by atoms with Crippen LogP contribution in [0.1, 0.15) is 0 Å². The fraction of sp³-hybridized carbons (Fsp3) is 0. The van der Waals surface area contributed by atoms with Crippen LogP contribution >= 0.6 is 11.6 Å². The molecule has 0 aliphatic carbocycles. The number of halogens is 1. The second kappa shape index (κ2) is 4.74. The highest BCUT2D eigenvalue weighted by Crippen LogP contribution is 2.26. The Morgan fingerprint density at radius 2 is 2.05 bits per heavy atom. The molecule has 0 aliphatic heterocycles. The van der Waals surface area contributed by atoms with E-state index in [1.807, 2.05) is 30.5 Å². The van der Waals surface area contributed by atoms with Crippen LogP contribution in [0, 0.1) is 0 Å². The molecule has 0 saturated heterocycles. The smallest absolute Gasteiger partial charge is 0.134 e. The molecule has 3 N–H and O–H groups in total. The van der Waals surface area contributed by atoms with Gasteiger partial charge in [0, 0.05) is 35.2 Å². The molecule has 0 fully saturated rings. The molecule has 3 aromatic rings. The van der Waals surface area contributed by atoms with E-state index in [2.05, 4.69) is 15.3 Å². The first-order valence-corrected chi connectivity index (χ1v) is 6.13. The van der Waals surface area contributed by atoms with E-state index < -0.39 is 0 Å². The molecular formula is C14H11ClN4. The van der Waals surface area contributed by atoms with Crippen molar-refractivity contribution in [3.05, 3.63) is 53.9 Å². The van der Waals surface area contributed by atoms with Crippen molar-refractivity contribution in [2.24, 2.45) is 0 Å². The number of rotatable bonds is 2. The summed E-state index contributed by atoms with van der Waals surface area (Å²) in [5.74, 6) is 0.612. The van der Waals surface area contributed by atoms with Gasteiger partial charge in [-0.05, 0) is 23.6 Å². The zero-order chi connectivity index (χ0) is 13.2. The third kappa shape index (κ3) is 2.44. The first kappa shape index (κ1) is 11.7. The second-order valence-electron chi connectivity index (χ2n) is 4.14. The van der Waals surface area contributed by atoms with E-state index in [1.54, 1.807) is 18.3 Å². The summed E-state index contributed by atoms with van der Waals surface area (Å²) in [4.78, 5) is 8.33. The summed E-state index contributed by atoms with van der Waals surface area (Å²) >= 11 is 5.89. The first-order chi connectivity index (χ1) is 9.22. The molecule has 0 saturated carbocycles. The first-order valence-electron chi connectivity index (χ1n) is 5.75. The number of aromatic nitrogens is 2. The number of nitrogens with one attached hydrogen (secondary N) is 1. The van der Waals surface area contributed by atoms with E-state index in [0.29, 0.717) is 16.7 Å². The minimum Gasteiger partial charge on any atom is -0.399 e. The van der Waals surface area contributed by atoms with Crippen LogP contribution in [0.3, 0.4) is 0 Å². The molecule has 2 aromatic heterocycles. The van der Waals surface area contributed by atoms with E-state index in [-0.39, 0.29) is 0 Å². The van der Waals surface area contributed by atoms with Crippen LogP contribution in [0.5, 0.6) is 0 Å². The average Bonchev–Trinajstić information content (AvgIpc) is 2.38. The molecule has 19 heavy (non-hydrogen) atoms. The Hall–Kier alpha value is -2.33. The Balaban J connectivity index is 2.05. The summed E-state index contributed by atoms with van der Waals surface area (Å²) in [6, 6.07) is 11.3. The van der Waals surface area contributed by atoms with Crippen molar-refractivity contribution in [2.45, 2.75) is 0 Å². The average molecular weight is 271 g/mol. The molecule has 1 aromatic carbocycles. The molecule has 94 valence electrons. The van der Waals surface area contributed by atoms with Gasteiger partial charge < -0.3 is 11.1 Å². The number of fused-ring (bicyclic) bond motifs is 1. The van der Waals surface area contributed by atoms with Gasteiger partial charge in [0.25, 0.3) is 0 Å². The molecule has 5 heteroatoms. The topological polar surface area (TPSA) is 63.8 Å². The van der Waals surface area contributed by atoms with E-state index >= 15 is 0 Å². The fourth-order valence-corrected chi connectivity index (χ4v) is 2.16. The number of nitrogens with zero attached hydrogens (tertiary/aromatic N) is 2. The second-order valence-corrected chi connectivity index (χ2v) is 4.52. The van der Waals surface area contributed by atoms with Crippen LogP contribution in [0.15, 0.2) is 48.8 Å². The van der Waals surface area contributed by atoms with Gasteiger partial charge in [-0.2, -0.15) is 0 Å². The predicted octanol–water partition coefficient (Wildman–Crippen LogP) is 3.61. The summed E-state index contributed by atoms with van der Waals surface area (Å²) in [6.45, 7) is 0. The van der Waals surface area contributed by atoms with Crippen molar-refractivity contribution in [1.82, 2.24) is 9.97 Å². The van der Waals surface area contributed by atoms with Gasteiger partial charge in [-0.3, -0.25) is 4.98 Å². The molecule has 0 radical (unpaired) electrons. The highest BCUT2D eigenvalue weighted by atomic mass is 35.5. The standard InChI is InChI=1S/C14H11ClN4/c15-13-6-10(16)7-14(19-13)18-12-3-1-2-9-4-5-17-8-11(9)12/h1-8H,(H3,16,18,19). The van der Waals surface area contributed by atoms with Crippen LogP contribution in [0.2, 0.25) is 5.15 Å². The van der Waals surface area contributed by atoms with Crippen LogP contribution in [0.4, 0.5) is 17.2 Å². The fourth-order valence-electron chi connectivity index (χ4n) is 1.94. The van der Waals surface area contributed by atoms with Crippen molar-refractivity contribution < 1.29 is 0 Å². The van der Waals surface area contributed by atoms with E-state index in [1.165, 1.54) is 0 Å². The largest absolute Gasteiger partial charge is 0.399 e. The number of anilines is 3. The van der Waals surface area contributed by atoms with Crippen molar-refractivity contribution in [1.29, 1.82) is 0 Å². The van der Waals surface area contributed by atoms with Crippen molar-refractivity contribution in [3.63, 3.8) is 0 Å². The third-order valence-electron chi connectivity index (χ3n) is 2.76. The molecule has 0 unspecified atom stereocenters. The highest BCUT2D eigenvalue weighted by molar-refractivity contribution is 6.29. The number of nitrogen functional groups attached to an aromatic ring is 1. The normalized spacial score (nSPS) is 10.6. The molecule has 0 atom stereocenters. The highest BCUT2D eigenvalue weighted by Gasteiger charge is 2.03. The SMILES string of the molecule is Nc1cc(Cl)nc(Nc2cccc3ccncc23)c1. The Labute approximate surface area is 115 Å². The molecule has 0 bridgehead atoms. The zero-order valence-electron chi connectivity index (χ0n) is 9.97. The van der Waals surface area contributed by atoms with Crippen molar-refractivity contribution in [3.8, 4) is 0 Å². The van der Waals surface area contributed by atoms with Crippen molar-refractivity contribution in [2.75, 3.05) is 11.1 Å². The van der Waals surface area contributed by atoms with Gasteiger partial charge in [-0.15, -0.1) is 0 Å². The van der Waals surface area contributed by atoms with Gasteiger partial charge in [-0.1, -0.05) is 23.7 Å². The summed E-state index contributed by atoms with van der Waals surface area (Å²) in [5, 5.41) is 5.70. The molecule has 4 nitrogen and oxygen atoms in total. The van der Waals surface area contributed by atoms with E-state index in [9.17, 15) is 0 Å². The minimum atomic E-state index is 0.362. The van der Waals surface area contributed by atoms with Crippen LogP contribution < -0.4 is 11.1 Å². The lowest BCUT2D eigenvalue weighted by molar-refractivity contribution is 1.31. The Kier molecular flexibility index (Phi) is 2.93. The van der Waals surface area contributed by atoms with E-state index in [0.717, 1.165) is 16.5 Å². The molecule has 2 heterocycles. The van der Waals surface area contributed by atoms with E-state index in [4.69, 9.17) is 17.3 Å². The predicted molar refractivity (Wildman–Crippen MR) is 78.7 cm³/mol. The van der Waals surface area contributed by atoms with Gasteiger partial charge >= 0.3 is 0 Å². The number of pyridine rings is 2. The number of hydrogen-bond donors (Lipinski definition) is 2. The maximum Gasteiger partial charge on any atom is 0.134 e. The lowest BCUT2D eigenvalue weighted by atomic mass is 10.1. The minimum absolute atomic E-state index is 0.362. The summed E-state index contributed by atoms with van der Waals surface area (Å²) < 4.78 is 0. The maximum absolute atomic E-state index is 5.89. The van der Waals surface area contributed by atoms with Gasteiger partial charge in [0.15, 0.2) is 0 Å². The summed E-state index contributed by atoms with van der Waals surface area (Å²) in [7, 11) is 0. The summed E-state index contributed by atoms with van der Waals surface area (Å²) in [6.07, 6.45) is 3.58. The quantitative estimate of drug-likeness (QED) is 0.698. The molecule has 0 amide bonds. The Morgan fingerprint density at radius 3 is 2.89 bits per heavy atom. The van der Waals surface area contributed by atoms with Gasteiger partial charge in [-0.25, -0.2) is 4.98 Å². The van der Waals surface area contributed by atoms with Crippen LogP contribution in [-0.2, 0) is 0 Å². The Bertz CT molecular complexity index is 717. The molecule has 0 spiro atoms. The number of hydrogen-bond acceptors (Lipinski definition) is 4. The third-order valence-corrected chi connectivity index (χ3v) is 2.96.